The molecule has 0 saturated heterocycles. The summed E-state index contributed by atoms with van der Waals surface area (Å²) in [5, 5.41) is 0. The minimum atomic E-state index is -0.747. The van der Waals surface area contributed by atoms with Crippen LogP contribution in [0.5, 0.6) is 0 Å². The number of unbranched alkanes of at least 4 members (excludes halogenated alkanes) is 2. The summed E-state index contributed by atoms with van der Waals surface area (Å²) in [6, 6.07) is 0. The third kappa shape index (κ3) is 7.79. The molecule has 0 aliphatic rings. The maximum atomic E-state index is 5.96. The van der Waals surface area contributed by atoms with E-state index in [-0.39, 0.29) is 0 Å². The van der Waals surface area contributed by atoms with Crippen LogP contribution in [-0.4, -0.2) is 9.17 Å². The van der Waals surface area contributed by atoms with E-state index in [0.717, 1.165) is 25.7 Å². The van der Waals surface area contributed by atoms with E-state index >= 15 is 0 Å². The predicted octanol–water partition coefficient (Wildman–Crippen LogP) is 4.93. The molecule has 0 N–H and O–H groups in total. The molecule has 0 heterocycles. The molecular weight excluding hydrogens is 238 g/mol. The van der Waals surface area contributed by atoms with Gasteiger partial charge in [0.25, 0.3) is 0 Å². The van der Waals surface area contributed by atoms with Crippen molar-refractivity contribution >= 4 is 46.4 Å². The molecule has 0 aromatic rings. The van der Waals surface area contributed by atoms with Gasteiger partial charge in [-0.25, -0.2) is 0 Å². The highest BCUT2D eigenvalue weighted by Crippen LogP contribution is 2.35. The highest BCUT2D eigenvalue weighted by Gasteiger charge is 2.25. The Morgan fingerprint density at radius 2 is 1.75 bits per heavy atom. The monoisotopic (exact) mass is 250 g/mol. The average Bonchev–Trinajstić information content (AvgIpc) is 1.84. The number of halogens is 4. The Kier molecular flexibility index (Phi) is 7.23. The second-order valence-electron chi connectivity index (χ2n) is 2.91. The molecule has 74 valence electrons. The molecule has 0 atom stereocenters. The van der Waals surface area contributed by atoms with Crippen molar-refractivity contribution in [2.45, 2.75) is 48.2 Å². The van der Waals surface area contributed by atoms with Crippen molar-refractivity contribution in [2.24, 2.45) is 0 Å². The maximum absolute atomic E-state index is 5.96. The molecule has 0 aliphatic carbocycles. The molecule has 0 aromatic heterocycles. The first-order valence-corrected chi connectivity index (χ1v) is 5.77. The lowest BCUT2D eigenvalue weighted by Gasteiger charge is -2.19. The lowest BCUT2D eigenvalue weighted by atomic mass is 10.1. The second-order valence-corrected chi connectivity index (χ2v) is 5.83. The van der Waals surface area contributed by atoms with Gasteiger partial charge in [-0.15, -0.1) is 46.4 Å². The Morgan fingerprint density at radius 3 is 2.17 bits per heavy atom. The summed E-state index contributed by atoms with van der Waals surface area (Å²) >= 11 is 23.1. The smallest absolute Gasteiger partial charge is 0.105 e. The van der Waals surface area contributed by atoms with Gasteiger partial charge in [-0.1, -0.05) is 26.2 Å². The molecule has 0 fully saturated rings. The summed E-state index contributed by atoms with van der Waals surface area (Å²) in [7, 11) is 0. The van der Waals surface area contributed by atoms with Crippen LogP contribution in [0.3, 0.4) is 0 Å². The van der Waals surface area contributed by atoms with E-state index in [4.69, 9.17) is 46.4 Å². The second kappa shape index (κ2) is 6.59. The fourth-order valence-electron chi connectivity index (χ4n) is 0.961. The topological polar surface area (TPSA) is 0 Å². The molecule has 0 rings (SSSR count). The van der Waals surface area contributed by atoms with Crippen LogP contribution in [0.1, 0.15) is 39.0 Å². The molecule has 0 nitrogen and oxygen atoms in total. The largest absolute Gasteiger partial charge is 0.120 e. The van der Waals surface area contributed by atoms with Crippen LogP contribution in [0.25, 0.3) is 0 Å². The van der Waals surface area contributed by atoms with E-state index in [2.05, 4.69) is 6.92 Å². The van der Waals surface area contributed by atoms with Crippen molar-refractivity contribution in [2.75, 3.05) is 0 Å². The van der Waals surface area contributed by atoms with Crippen molar-refractivity contribution in [1.82, 2.24) is 0 Å². The van der Waals surface area contributed by atoms with E-state index in [1.54, 1.807) is 0 Å². The minimum Gasteiger partial charge on any atom is -0.105 e. The quantitative estimate of drug-likeness (QED) is 0.464. The number of hydrogen-bond donors (Lipinski definition) is 0. The van der Waals surface area contributed by atoms with Gasteiger partial charge in [-0.3, -0.25) is 0 Å². The van der Waals surface area contributed by atoms with Crippen molar-refractivity contribution in [3.05, 3.63) is 0 Å². The molecule has 0 radical (unpaired) electrons. The van der Waals surface area contributed by atoms with Gasteiger partial charge >= 0.3 is 0 Å². The highest BCUT2D eigenvalue weighted by molar-refractivity contribution is 6.50. The molecule has 0 aromatic carbocycles. The Morgan fingerprint density at radius 1 is 1.17 bits per heavy atom. The Bertz CT molecular complexity index is 112. The van der Waals surface area contributed by atoms with E-state index in [0.29, 0.717) is 6.42 Å². The fraction of sp³-hybridized carbons (Fsp3) is 1.00. The molecule has 0 amide bonds. The minimum absolute atomic E-state index is 0.433. The molecule has 0 bridgehead atoms. The summed E-state index contributed by atoms with van der Waals surface area (Å²) in [5.41, 5.74) is 0. The van der Waals surface area contributed by atoms with Gasteiger partial charge in [0.1, 0.15) is 9.17 Å². The van der Waals surface area contributed by atoms with Gasteiger partial charge in [0.2, 0.25) is 0 Å². The van der Waals surface area contributed by atoms with Gasteiger partial charge < -0.3 is 0 Å². The number of hydrogen-bond acceptors (Lipinski definition) is 0. The zero-order valence-corrected chi connectivity index (χ0v) is 10.1. The zero-order chi connectivity index (χ0) is 9.61. The van der Waals surface area contributed by atoms with E-state index in [1.165, 1.54) is 0 Å². The first-order chi connectivity index (χ1) is 5.48. The van der Waals surface area contributed by atoms with E-state index < -0.39 is 9.17 Å². The van der Waals surface area contributed by atoms with Gasteiger partial charge in [-0.2, -0.15) is 0 Å². The van der Waals surface area contributed by atoms with Crippen LogP contribution < -0.4 is 0 Å². The lowest BCUT2D eigenvalue weighted by Crippen LogP contribution is -2.15. The van der Waals surface area contributed by atoms with Gasteiger partial charge in [-0.05, 0) is 6.42 Å². The van der Waals surface area contributed by atoms with Crippen molar-refractivity contribution < 1.29 is 0 Å². The summed E-state index contributed by atoms with van der Waals surface area (Å²) in [5.74, 6) is 0. The van der Waals surface area contributed by atoms with Crippen LogP contribution in [0, 0.1) is 0 Å². The van der Waals surface area contributed by atoms with Crippen LogP contribution in [-0.2, 0) is 0 Å². The van der Waals surface area contributed by atoms with Crippen molar-refractivity contribution in [1.29, 1.82) is 0 Å². The molecule has 12 heavy (non-hydrogen) atoms. The van der Waals surface area contributed by atoms with Crippen LogP contribution >= 0.6 is 46.4 Å². The van der Waals surface area contributed by atoms with Crippen molar-refractivity contribution in [3.63, 3.8) is 0 Å². The molecule has 0 spiro atoms. The zero-order valence-electron chi connectivity index (χ0n) is 7.12. The molecular formula is C8H14Cl4. The lowest BCUT2D eigenvalue weighted by molar-refractivity contribution is 0.591. The highest BCUT2D eigenvalue weighted by atomic mass is 35.5. The molecule has 0 saturated carbocycles. The first kappa shape index (κ1) is 13.2. The van der Waals surface area contributed by atoms with Gasteiger partial charge in [0.15, 0.2) is 0 Å². The van der Waals surface area contributed by atoms with Gasteiger partial charge in [0, 0.05) is 6.42 Å². The van der Waals surface area contributed by atoms with Crippen LogP contribution in [0.4, 0.5) is 0 Å². The van der Waals surface area contributed by atoms with E-state index in [9.17, 15) is 0 Å². The average molecular weight is 252 g/mol. The van der Waals surface area contributed by atoms with Gasteiger partial charge in [0.05, 0.1) is 0 Å². The molecule has 4 heteroatoms. The van der Waals surface area contributed by atoms with Crippen molar-refractivity contribution in [3.8, 4) is 0 Å². The standard InChI is InChI=1S/C8H14Cl4/c1-2-3-4-5-8(11,12)6-7(9)10/h7H,2-6H2,1H3. The summed E-state index contributed by atoms with van der Waals surface area (Å²) in [4.78, 5) is -0.471. The molecule has 0 unspecified atom stereocenters. The Balaban J connectivity index is 3.56. The number of rotatable bonds is 6. The fourth-order valence-corrected chi connectivity index (χ4v) is 2.38. The van der Waals surface area contributed by atoms with Crippen LogP contribution in [0.2, 0.25) is 0 Å². The Hall–Kier alpha value is 1.16. The summed E-state index contributed by atoms with van der Waals surface area (Å²) in [6.45, 7) is 2.13. The normalized spacial score (nSPS) is 12.5. The third-order valence-corrected chi connectivity index (χ3v) is 2.59. The molecule has 0 aliphatic heterocycles. The summed E-state index contributed by atoms with van der Waals surface area (Å²) in [6.07, 6.45) is 4.54. The predicted molar refractivity (Wildman–Crippen MR) is 58.7 cm³/mol. The summed E-state index contributed by atoms with van der Waals surface area (Å²) < 4.78 is -0.747. The Labute approximate surface area is 94.5 Å². The van der Waals surface area contributed by atoms with E-state index in [1.807, 2.05) is 0 Å². The maximum Gasteiger partial charge on any atom is 0.120 e. The van der Waals surface area contributed by atoms with Crippen LogP contribution in [0.15, 0.2) is 0 Å². The SMILES string of the molecule is CCCCCC(Cl)(Cl)CC(Cl)Cl. The first-order valence-electron chi connectivity index (χ1n) is 4.14. The third-order valence-electron chi connectivity index (χ3n) is 1.60. The number of alkyl halides is 4.